The van der Waals surface area contributed by atoms with Crippen molar-refractivity contribution in [2.75, 3.05) is 0 Å². The molecule has 0 unspecified atom stereocenters. The fourth-order valence-corrected chi connectivity index (χ4v) is 0.847. The van der Waals surface area contributed by atoms with Crippen LogP contribution in [-0.2, 0) is 6.18 Å². The zero-order valence-electron chi connectivity index (χ0n) is 7.31. The smallest absolute Gasteiger partial charge is 0.250 e. The first-order valence-electron chi connectivity index (χ1n) is 3.87. The van der Waals surface area contributed by atoms with E-state index in [0.29, 0.717) is 5.69 Å². The molecule has 1 heterocycles. The molecular weight excluding hydrogens is 179 g/mol. The Morgan fingerprint density at radius 3 is 2.23 bits per heavy atom. The molecule has 0 saturated carbocycles. The van der Waals surface area contributed by atoms with Gasteiger partial charge in [-0.25, -0.2) is 0 Å². The minimum atomic E-state index is -4.34. The standard InChI is InChI=1S/C9H9F3N/c1-6(2)8-4-3-7(5-13-8)9(10,11)12/h3-4,6H,1-2H3. The van der Waals surface area contributed by atoms with E-state index in [-0.39, 0.29) is 5.92 Å². The van der Waals surface area contributed by atoms with E-state index in [2.05, 4.69) is 4.98 Å². The molecule has 1 aromatic rings. The highest BCUT2D eigenvalue weighted by Crippen LogP contribution is 2.28. The van der Waals surface area contributed by atoms with E-state index >= 15 is 0 Å². The maximum absolute atomic E-state index is 12.0. The summed E-state index contributed by atoms with van der Waals surface area (Å²) in [4.78, 5) is 3.60. The fraction of sp³-hybridized carbons (Fsp3) is 0.444. The van der Waals surface area contributed by atoms with Crippen molar-refractivity contribution in [2.45, 2.75) is 25.9 Å². The van der Waals surface area contributed by atoms with Crippen LogP contribution in [-0.4, -0.2) is 4.98 Å². The summed E-state index contributed by atoms with van der Waals surface area (Å²) in [6.07, 6.45) is -2.36. The molecule has 0 N–H and O–H groups in total. The second-order valence-corrected chi connectivity index (χ2v) is 3.05. The maximum Gasteiger partial charge on any atom is 0.418 e. The average Bonchev–Trinajstić information content (AvgIpc) is 2.03. The lowest BCUT2D eigenvalue weighted by Crippen LogP contribution is -2.06. The molecule has 0 aromatic carbocycles. The molecule has 1 nitrogen and oxygen atoms in total. The van der Waals surface area contributed by atoms with Crippen molar-refractivity contribution < 1.29 is 13.2 Å². The Kier molecular flexibility index (Phi) is 2.59. The third-order valence-electron chi connectivity index (χ3n) is 1.62. The Morgan fingerprint density at radius 1 is 1.31 bits per heavy atom. The van der Waals surface area contributed by atoms with E-state index in [0.717, 1.165) is 6.07 Å². The van der Waals surface area contributed by atoms with Crippen LogP contribution in [0.25, 0.3) is 0 Å². The second kappa shape index (κ2) is 3.36. The Labute approximate surface area is 74.6 Å². The lowest BCUT2D eigenvalue weighted by atomic mass is 10.1. The van der Waals surface area contributed by atoms with Gasteiger partial charge in [-0.3, -0.25) is 4.98 Å². The average molecular weight is 188 g/mol. The van der Waals surface area contributed by atoms with Crippen LogP contribution in [0.3, 0.4) is 0 Å². The predicted molar refractivity (Wildman–Crippen MR) is 42.2 cm³/mol. The van der Waals surface area contributed by atoms with Gasteiger partial charge in [0.15, 0.2) is 0 Å². The molecule has 0 amide bonds. The summed E-state index contributed by atoms with van der Waals surface area (Å²) >= 11 is 0. The topological polar surface area (TPSA) is 12.9 Å². The van der Waals surface area contributed by atoms with Crippen molar-refractivity contribution in [3.05, 3.63) is 29.6 Å². The van der Waals surface area contributed by atoms with Crippen molar-refractivity contribution in [1.29, 1.82) is 0 Å². The highest BCUT2D eigenvalue weighted by Gasteiger charge is 2.31. The first-order valence-corrected chi connectivity index (χ1v) is 3.87. The molecule has 71 valence electrons. The monoisotopic (exact) mass is 188 g/mol. The number of pyridine rings is 1. The molecule has 13 heavy (non-hydrogen) atoms. The van der Waals surface area contributed by atoms with Crippen LogP contribution in [0.2, 0.25) is 0 Å². The number of alkyl halides is 3. The summed E-state index contributed by atoms with van der Waals surface area (Å²) in [6.45, 7) is 3.73. The van der Waals surface area contributed by atoms with Crippen molar-refractivity contribution in [3.8, 4) is 0 Å². The molecule has 1 aromatic heterocycles. The molecule has 0 aliphatic heterocycles. The van der Waals surface area contributed by atoms with Gasteiger partial charge in [0.2, 0.25) is 0 Å². The second-order valence-electron chi connectivity index (χ2n) is 3.05. The van der Waals surface area contributed by atoms with Gasteiger partial charge in [-0.15, -0.1) is 0 Å². The molecule has 0 atom stereocenters. The van der Waals surface area contributed by atoms with Gasteiger partial charge in [0, 0.05) is 5.69 Å². The van der Waals surface area contributed by atoms with Gasteiger partial charge in [0.05, 0.1) is 5.56 Å². The third-order valence-corrected chi connectivity index (χ3v) is 1.62. The van der Waals surface area contributed by atoms with Crippen molar-refractivity contribution >= 4 is 0 Å². The minimum absolute atomic E-state index is 0.124. The lowest BCUT2D eigenvalue weighted by Gasteiger charge is -2.07. The molecule has 1 rings (SSSR count). The number of hydrogen-bond donors (Lipinski definition) is 0. The molecular formula is C9H9F3N. The number of nitrogens with zero attached hydrogens (tertiary/aromatic N) is 1. The largest absolute Gasteiger partial charge is 0.418 e. The SMILES string of the molecule is CC(C)c1ccc(C(F)(F)F)[c]n1. The van der Waals surface area contributed by atoms with Crippen LogP contribution in [0.4, 0.5) is 13.2 Å². The van der Waals surface area contributed by atoms with Crippen molar-refractivity contribution in [2.24, 2.45) is 0 Å². The summed E-state index contributed by atoms with van der Waals surface area (Å²) < 4.78 is 36.1. The van der Waals surface area contributed by atoms with Gasteiger partial charge < -0.3 is 0 Å². The van der Waals surface area contributed by atoms with Gasteiger partial charge in [-0.2, -0.15) is 13.2 Å². The highest BCUT2D eigenvalue weighted by molar-refractivity contribution is 5.17. The minimum Gasteiger partial charge on any atom is -0.250 e. The molecule has 1 radical (unpaired) electrons. The van der Waals surface area contributed by atoms with Gasteiger partial charge in [-0.1, -0.05) is 13.8 Å². The van der Waals surface area contributed by atoms with Crippen LogP contribution < -0.4 is 0 Å². The molecule has 4 heteroatoms. The Bertz CT molecular complexity index is 274. The molecule has 0 spiro atoms. The maximum atomic E-state index is 12.0. The van der Waals surface area contributed by atoms with Gasteiger partial charge >= 0.3 is 6.18 Å². The Hall–Kier alpha value is -1.06. The van der Waals surface area contributed by atoms with E-state index in [1.165, 1.54) is 6.07 Å². The molecule has 0 aliphatic carbocycles. The van der Waals surface area contributed by atoms with Crippen LogP contribution in [0.15, 0.2) is 12.1 Å². The summed E-state index contributed by atoms with van der Waals surface area (Å²) in [5.74, 6) is 0.124. The van der Waals surface area contributed by atoms with Crippen LogP contribution in [0, 0.1) is 6.20 Å². The number of hydrogen-bond acceptors (Lipinski definition) is 1. The first-order chi connectivity index (χ1) is 5.91. The molecule has 0 bridgehead atoms. The lowest BCUT2D eigenvalue weighted by molar-refractivity contribution is -0.138. The van der Waals surface area contributed by atoms with Crippen LogP contribution in [0.5, 0.6) is 0 Å². The van der Waals surface area contributed by atoms with E-state index in [9.17, 15) is 13.2 Å². The normalized spacial score (nSPS) is 12.2. The molecule has 0 aliphatic rings. The first kappa shape index (κ1) is 10.0. The quantitative estimate of drug-likeness (QED) is 0.660. The zero-order valence-corrected chi connectivity index (χ0v) is 7.31. The summed E-state index contributed by atoms with van der Waals surface area (Å²) in [7, 11) is 0. The fourth-order valence-electron chi connectivity index (χ4n) is 0.847. The number of rotatable bonds is 1. The van der Waals surface area contributed by atoms with Crippen LogP contribution in [0.1, 0.15) is 31.0 Å². The third kappa shape index (κ3) is 2.44. The number of halogens is 3. The van der Waals surface area contributed by atoms with Crippen LogP contribution >= 0.6 is 0 Å². The summed E-state index contributed by atoms with van der Waals surface area (Å²) in [5, 5.41) is 0. The van der Waals surface area contributed by atoms with E-state index in [1.807, 2.05) is 20.0 Å². The van der Waals surface area contributed by atoms with E-state index in [1.54, 1.807) is 0 Å². The summed E-state index contributed by atoms with van der Waals surface area (Å²) in [6, 6.07) is 2.38. The molecule has 0 saturated heterocycles. The highest BCUT2D eigenvalue weighted by atomic mass is 19.4. The zero-order chi connectivity index (χ0) is 10.1. The van der Waals surface area contributed by atoms with Crippen molar-refractivity contribution in [3.63, 3.8) is 0 Å². The van der Waals surface area contributed by atoms with E-state index in [4.69, 9.17) is 0 Å². The van der Waals surface area contributed by atoms with Gasteiger partial charge in [-0.05, 0) is 18.1 Å². The van der Waals surface area contributed by atoms with Crippen molar-refractivity contribution in [1.82, 2.24) is 4.98 Å². The van der Waals surface area contributed by atoms with E-state index < -0.39 is 11.7 Å². The Morgan fingerprint density at radius 2 is 1.92 bits per heavy atom. The summed E-state index contributed by atoms with van der Waals surface area (Å²) in [5.41, 5.74) is -0.204. The van der Waals surface area contributed by atoms with Gasteiger partial charge in [0.1, 0.15) is 6.20 Å². The molecule has 0 fully saturated rings. The number of aromatic nitrogens is 1. The Balaban J connectivity index is 2.94. The van der Waals surface area contributed by atoms with Gasteiger partial charge in [0.25, 0.3) is 0 Å². The predicted octanol–water partition coefficient (Wildman–Crippen LogP) is 3.02.